The molecule has 1 rings (SSSR count). The van der Waals surface area contributed by atoms with Gasteiger partial charge in [-0.15, -0.1) is 18.3 Å². The first-order valence-electron chi connectivity index (χ1n) is 3.48. The van der Waals surface area contributed by atoms with Gasteiger partial charge in [-0.2, -0.15) is 0 Å². The van der Waals surface area contributed by atoms with Crippen molar-refractivity contribution in [2.24, 2.45) is 0 Å². The summed E-state index contributed by atoms with van der Waals surface area (Å²) in [6.07, 6.45) is 1.91. The van der Waals surface area contributed by atoms with Crippen molar-refractivity contribution < 1.29 is 4.74 Å². The molecule has 1 saturated heterocycles. The third-order valence-corrected chi connectivity index (χ3v) is 2.40. The first-order chi connectivity index (χ1) is 4.93. The first kappa shape index (κ1) is 8.11. The molecule has 0 saturated carbocycles. The molecule has 0 aliphatic carbocycles. The number of thioether (sulfide) groups is 1. The molecule has 0 aromatic heterocycles. The summed E-state index contributed by atoms with van der Waals surface area (Å²) in [4.78, 5) is 0. The second-order valence-corrected chi connectivity index (χ2v) is 3.32. The van der Waals surface area contributed by atoms with E-state index in [2.05, 4.69) is 11.9 Å². The Hall–Kier alpha value is 0.01000. The summed E-state index contributed by atoms with van der Waals surface area (Å²) in [7, 11) is 0. The van der Waals surface area contributed by atoms with E-state index in [1.165, 1.54) is 0 Å². The quantitative estimate of drug-likeness (QED) is 0.617. The molecule has 10 heavy (non-hydrogen) atoms. The maximum Gasteiger partial charge on any atom is 0.116 e. The van der Waals surface area contributed by atoms with Crippen molar-refractivity contribution >= 4 is 11.8 Å². The summed E-state index contributed by atoms with van der Waals surface area (Å²) in [6, 6.07) is 0. The molecule has 1 atom stereocenters. The summed E-state index contributed by atoms with van der Waals surface area (Å²) in [5, 5.41) is 3.26. The van der Waals surface area contributed by atoms with E-state index in [0.29, 0.717) is 5.44 Å². The minimum Gasteiger partial charge on any atom is -0.365 e. The Morgan fingerprint density at radius 3 is 3.30 bits per heavy atom. The molecule has 1 aliphatic heterocycles. The van der Waals surface area contributed by atoms with Crippen LogP contribution in [0.2, 0.25) is 0 Å². The Labute approximate surface area is 66.0 Å². The van der Waals surface area contributed by atoms with E-state index in [9.17, 15) is 0 Å². The largest absolute Gasteiger partial charge is 0.365 e. The van der Waals surface area contributed by atoms with E-state index in [1.807, 2.05) is 6.08 Å². The van der Waals surface area contributed by atoms with Gasteiger partial charge < -0.3 is 10.1 Å². The van der Waals surface area contributed by atoms with Gasteiger partial charge in [0.25, 0.3) is 0 Å². The van der Waals surface area contributed by atoms with Crippen LogP contribution in [-0.2, 0) is 4.74 Å². The van der Waals surface area contributed by atoms with Crippen LogP contribution in [-0.4, -0.2) is 30.9 Å². The molecule has 2 nitrogen and oxygen atoms in total. The fraction of sp³-hybridized carbons (Fsp3) is 0.714. The van der Waals surface area contributed by atoms with E-state index in [0.717, 1.165) is 25.4 Å². The maximum atomic E-state index is 5.43. The number of nitrogens with one attached hydrogen (secondary N) is 1. The minimum absolute atomic E-state index is 0.340. The highest BCUT2D eigenvalue weighted by Gasteiger charge is 2.11. The Kier molecular flexibility index (Phi) is 3.87. The summed E-state index contributed by atoms with van der Waals surface area (Å²) in [5.41, 5.74) is 0.340. The summed E-state index contributed by atoms with van der Waals surface area (Å²) >= 11 is 1.79. The molecule has 1 N–H and O–H groups in total. The lowest BCUT2D eigenvalue weighted by molar-refractivity contribution is 0.0854. The van der Waals surface area contributed by atoms with Gasteiger partial charge in [0.1, 0.15) is 5.44 Å². The minimum atomic E-state index is 0.340. The predicted molar refractivity (Wildman–Crippen MR) is 45.3 cm³/mol. The molecule has 0 aromatic carbocycles. The van der Waals surface area contributed by atoms with Gasteiger partial charge in [0, 0.05) is 18.8 Å². The predicted octanol–water partition coefficient (Wildman–Crippen LogP) is 0.851. The molecule has 1 heterocycles. The molecule has 0 aromatic rings. The molecule has 0 radical (unpaired) electrons. The van der Waals surface area contributed by atoms with Gasteiger partial charge in [-0.05, 0) is 0 Å². The fourth-order valence-electron chi connectivity index (χ4n) is 0.824. The van der Waals surface area contributed by atoms with Gasteiger partial charge in [-0.25, -0.2) is 0 Å². The topological polar surface area (TPSA) is 21.3 Å². The molecular weight excluding hydrogens is 146 g/mol. The molecular formula is C7H13NOS. The van der Waals surface area contributed by atoms with Crippen molar-refractivity contribution in [3.63, 3.8) is 0 Å². The maximum absolute atomic E-state index is 5.43. The van der Waals surface area contributed by atoms with Crippen molar-refractivity contribution in [2.75, 3.05) is 25.4 Å². The smallest absolute Gasteiger partial charge is 0.116 e. The third-order valence-electron chi connectivity index (χ3n) is 1.29. The molecule has 1 fully saturated rings. The van der Waals surface area contributed by atoms with Gasteiger partial charge in [0.15, 0.2) is 0 Å². The molecule has 0 bridgehead atoms. The van der Waals surface area contributed by atoms with Crippen molar-refractivity contribution in [3.8, 4) is 0 Å². The number of ether oxygens (including phenoxy) is 1. The number of morpholine rings is 1. The lowest BCUT2D eigenvalue weighted by Crippen LogP contribution is -2.36. The lowest BCUT2D eigenvalue weighted by Gasteiger charge is -2.22. The highest BCUT2D eigenvalue weighted by Crippen LogP contribution is 2.12. The van der Waals surface area contributed by atoms with Crippen molar-refractivity contribution in [1.29, 1.82) is 0 Å². The highest BCUT2D eigenvalue weighted by atomic mass is 32.2. The Balaban J connectivity index is 2.07. The molecule has 3 heteroatoms. The Morgan fingerprint density at radius 1 is 1.80 bits per heavy atom. The first-order valence-corrected chi connectivity index (χ1v) is 4.53. The summed E-state index contributed by atoms with van der Waals surface area (Å²) in [5.74, 6) is 0.979. The van der Waals surface area contributed by atoms with Crippen LogP contribution < -0.4 is 5.32 Å². The SMILES string of the molecule is C=CCSC1CNCCO1. The second-order valence-electron chi connectivity index (χ2n) is 2.13. The van der Waals surface area contributed by atoms with Crippen molar-refractivity contribution in [2.45, 2.75) is 5.44 Å². The molecule has 1 unspecified atom stereocenters. The second kappa shape index (κ2) is 4.77. The molecule has 58 valence electrons. The fourth-order valence-corrected chi connectivity index (χ4v) is 1.60. The summed E-state index contributed by atoms with van der Waals surface area (Å²) < 4.78 is 5.43. The van der Waals surface area contributed by atoms with Crippen LogP contribution >= 0.6 is 11.8 Å². The zero-order chi connectivity index (χ0) is 7.23. The standard InChI is InChI=1S/C7H13NOS/c1-2-5-10-7-6-8-3-4-9-7/h2,7-8H,1,3-6H2. The van der Waals surface area contributed by atoms with Crippen LogP contribution in [0.25, 0.3) is 0 Å². The lowest BCUT2D eigenvalue weighted by atomic mass is 10.5. The van der Waals surface area contributed by atoms with Crippen molar-refractivity contribution in [1.82, 2.24) is 5.32 Å². The molecule has 0 spiro atoms. The van der Waals surface area contributed by atoms with Crippen LogP contribution in [0, 0.1) is 0 Å². The average Bonchev–Trinajstić information content (AvgIpc) is 2.03. The van der Waals surface area contributed by atoms with Crippen LogP contribution in [0.4, 0.5) is 0 Å². The number of hydrogen-bond acceptors (Lipinski definition) is 3. The monoisotopic (exact) mass is 159 g/mol. The normalized spacial score (nSPS) is 26.2. The van der Waals surface area contributed by atoms with Gasteiger partial charge in [0.2, 0.25) is 0 Å². The third kappa shape index (κ3) is 2.73. The Bertz CT molecular complexity index is 102. The van der Waals surface area contributed by atoms with Gasteiger partial charge in [-0.1, -0.05) is 6.08 Å². The molecule has 0 amide bonds. The zero-order valence-corrected chi connectivity index (χ0v) is 6.82. The highest BCUT2D eigenvalue weighted by molar-refractivity contribution is 7.99. The van der Waals surface area contributed by atoms with Crippen molar-refractivity contribution in [3.05, 3.63) is 12.7 Å². The van der Waals surface area contributed by atoms with Crippen LogP contribution in [0.5, 0.6) is 0 Å². The van der Waals surface area contributed by atoms with Crippen LogP contribution in [0.3, 0.4) is 0 Å². The zero-order valence-electron chi connectivity index (χ0n) is 6.01. The van der Waals surface area contributed by atoms with E-state index >= 15 is 0 Å². The van der Waals surface area contributed by atoms with E-state index in [4.69, 9.17) is 4.74 Å². The average molecular weight is 159 g/mol. The van der Waals surface area contributed by atoms with Gasteiger partial charge >= 0.3 is 0 Å². The van der Waals surface area contributed by atoms with Gasteiger partial charge in [-0.3, -0.25) is 0 Å². The van der Waals surface area contributed by atoms with Crippen LogP contribution in [0.15, 0.2) is 12.7 Å². The summed E-state index contributed by atoms with van der Waals surface area (Å²) in [6.45, 7) is 6.45. The van der Waals surface area contributed by atoms with Crippen LogP contribution in [0.1, 0.15) is 0 Å². The number of rotatable bonds is 3. The van der Waals surface area contributed by atoms with E-state index < -0.39 is 0 Å². The van der Waals surface area contributed by atoms with E-state index in [1.54, 1.807) is 11.8 Å². The Morgan fingerprint density at radius 2 is 2.70 bits per heavy atom. The van der Waals surface area contributed by atoms with Gasteiger partial charge in [0.05, 0.1) is 6.61 Å². The number of hydrogen-bond donors (Lipinski definition) is 1. The molecule has 1 aliphatic rings. The van der Waals surface area contributed by atoms with E-state index in [-0.39, 0.29) is 0 Å².